The van der Waals surface area contributed by atoms with Gasteiger partial charge < -0.3 is 14.2 Å². The second-order valence-electron chi connectivity index (χ2n) is 4.71. The number of ether oxygens (including phenoxy) is 3. The quantitative estimate of drug-likeness (QED) is 0.431. The van der Waals surface area contributed by atoms with Gasteiger partial charge in [-0.25, -0.2) is 0 Å². The second-order valence-corrected chi connectivity index (χ2v) is 5.69. The monoisotopic (exact) mass is 292 g/mol. The van der Waals surface area contributed by atoms with Crippen LogP contribution in [-0.2, 0) is 14.2 Å². The van der Waals surface area contributed by atoms with Crippen LogP contribution in [0.4, 0.5) is 0 Å². The fourth-order valence-electron chi connectivity index (χ4n) is 1.73. The van der Waals surface area contributed by atoms with Gasteiger partial charge in [-0.1, -0.05) is 33.1 Å². The molecule has 0 N–H and O–H groups in total. The molecule has 0 aromatic carbocycles. The minimum Gasteiger partial charge on any atom is -0.379 e. The van der Waals surface area contributed by atoms with Crippen molar-refractivity contribution in [3.63, 3.8) is 0 Å². The first-order valence-corrected chi connectivity index (χ1v) is 8.96. The van der Waals surface area contributed by atoms with Gasteiger partial charge >= 0.3 is 0 Å². The molecular formula is C15H32O3S. The minimum atomic E-state index is 0.671. The molecule has 0 fully saturated rings. The van der Waals surface area contributed by atoms with Crippen LogP contribution in [0.25, 0.3) is 0 Å². The molecule has 4 heteroatoms. The molecule has 3 nitrogen and oxygen atoms in total. The van der Waals surface area contributed by atoms with E-state index in [1.54, 1.807) is 11.8 Å². The van der Waals surface area contributed by atoms with Gasteiger partial charge in [0.15, 0.2) is 0 Å². The maximum atomic E-state index is 5.66. The van der Waals surface area contributed by atoms with Gasteiger partial charge in [0.1, 0.15) is 0 Å². The average Bonchev–Trinajstić information content (AvgIpc) is 2.44. The highest BCUT2D eigenvalue weighted by Gasteiger charge is 2.05. The van der Waals surface area contributed by atoms with Crippen molar-refractivity contribution in [2.45, 2.75) is 39.5 Å². The Labute approximate surface area is 123 Å². The van der Waals surface area contributed by atoms with Crippen LogP contribution in [0.1, 0.15) is 39.5 Å². The smallest absolute Gasteiger partial charge is 0.0701 e. The topological polar surface area (TPSA) is 27.7 Å². The summed E-state index contributed by atoms with van der Waals surface area (Å²) in [6.07, 6.45) is 7.17. The normalized spacial score (nSPS) is 12.8. The van der Waals surface area contributed by atoms with E-state index in [0.717, 1.165) is 24.9 Å². The maximum Gasteiger partial charge on any atom is 0.0701 e. The van der Waals surface area contributed by atoms with Gasteiger partial charge in [-0.2, -0.15) is 11.8 Å². The molecule has 0 spiro atoms. The summed E-state index contributed by atoms with van der Waals surface area (Å²) in [7, 11) is 0. The minimum absolute atomic E-state index is 0.671. The van der Waals surface area contributed by atoms with Gasteiger partial charge in [0.05, 0.1) is 33.0 Å². The Morgan fingerprint density at radius 2 is 1.53 bits per heavy atom. The number of rotatable bonds is 15. The Morgan fingerprint density at radius 3 is 2.11 bits per heavy atom. The SMILES string of the molecule is CCCCC(CC)COCCOCCOCCSC. The number of hydrogen-bond donors (Lipinski definition) is 0. The van der Waals surface area contributed by atoms with Gasteiger partial charge in [-0.05, 0) is 18.6 Å². The van der Waals surface area contributed by atoms with Crippen LogP contribution in [0.15, 0.2) is 0 Å². The predicted molar refractivity (Wildman–Crippen MR) is 84.1 cm³/mol. The standard InChI is InChI=1S/C15H32O3S/c1-4-6-7-15(5-2)14-18-11-10-16-8-9-17-12-13-19-3/h15H,4-14H2,1-3H3. The third-order valence-electron chi connectivity index (χ3n) is 3.07. The van der Waals surface area contributed by atoms with E-state index in [1.807, 2.05) is 0 Å². The van der Waals surface area contributed by atoms with Crippen molar-refractivity contribution in [1.29, 1.82) is 0 Å². The van der Waals surface area contributed by atoms with Gasteiger partial charge in [0.25, 0.3) is 0 Å². The van der Waals surface area contributed by atoms with Crippen molar-refractivity contribution in [3.05, 3.63) is 0 Å². The third kappa shape index (κ3) is 14.4. The highest BCUT2D eigenvalue weighted by Crippen LogP contribution is 2.12. The van der Waals surface area contributed by atoms with Crippen LogP contribution in [0.2, 0.25) is 0 Å². The lowest BCUT2D eigenvalue weighted by Gasteiger charge is -2.14. The number of thioether (sulfide) groups is 1. The summed E-state index contributed by atoms with van der Waals surface area (Å²) >= 11 is 1.80. The van der Waals surface area contributed by atoms with Crippen molar-refractivity contribution >= 4 is 11.8 Å². The van der Waals surface area contributed by atoms with Crippen LogP contribution in [0.5, 0.6) is 0 Å². The van der Waals surface area contributed by atoms with E-state index in [0.29, 0.717) is 26.4 Å². The second kappa shape index (κ2) is 16.3. The molecule has 0 amide bonds. The zero-order chi connectivity index (χ0) is 14.2. The lowest BCUT2D eigenvalue weighted by molar-refractivity contribution is 0.00846. The van der Waals surface area contributed by atoms with Crippen molar-refractivity contribution in [1.82, 2.24) is 0 Å². The molecule has 0 saturated heterocycles. The van der Waals surface area contributed by atoms with Gasteiger partial charge in [-0.3, -0.25) is 0 Å². The third-order valence-corrected chi connectivity index (χ3v) is 3.65. The molecule has 1 atom stereocenters. The van der Waals surface area contributed by atoms with Crippen molar-refractivity contribution < 1.29 is 14.2 Å². The summed E-state index contributed by atoms with van der Waals surface area (Å²) in [5, 5.41) is 0. The molecule has 0 aromatic heterocycles. The van der Waals surface area contributed by atoms with Crippen LogP contribution in [-0.4, -0.2) is 51.6 Å². The molecule has 0 aliphatic rings. The summed E-state index contributed by atoms with van der Waals surface area (Å²) in [6.45, 7) is 8.92. The van der Waals surface area contributed by atoms with Crippen LogP contribution in [0, 0.1) is 5.92 Å². The molecule has 19 heavy (non-hydrogen) atoms. The average molecular weight is 292 g/mol. The van der Waals surface area contributed by atoms with E-state index in [1.165, 1.54) is 25.7 Å². The Morgan fingerprint density at radius 1 is 0.895 bits per heavy atom. The molecule has 0 aromatic rings. The van der Waals surface area contributed by atoms with Crippen molar-refractivity contribution in [2.24, 2.45) is 5.92 Å². The molecule has 0 radical (unpaired) electrons. The number of unbranched alkanes of at least 4 members (excludes halogenated alkanes) is 1. The maximum absolute atomic E-state index is 5.66. The summed E-state index contributed by atoms with van der Waals surface area (Å²) in [6, 6.07) is 0. The van der Waals surface area contributed by atoms with Crippen molar-refractivity contribution in [3.8, 4) is 0 Å². The molecular weight excluding hydrogens is 260 g/mol. The first-order valence-electron chi connectivity index (χ1n) is 7.57. The van der Waals surface area contributed by atoms with E-state index in [9.17, 15) is 0 Å². The van der Waals surface area contributed by atoms with E-state index in [-0.39, 0.29) is 0 Å². The molecule has 0 bridgehead atoms. The Bertz CT molecular complexity index is 167. The van der Waals surface area contributed by atoms with E-state index >= 15 is 0 Å². The highest BCUT2D eigenvalue weighted by atomic mass is 32.2. The van der Waals surface area contributed by atoms with E-state index in [2.05, 4.69) is 20.1 Å². The van der Waals surface area contributed by atoms with E-state index < -0.39 is 0 Å². The highest BCUT2D eigenvalue weighted by molar-refractivity contribution is 7.98. The summed E-state index contributed by atoms with van der Waals surface area (Å²) in [5.41, 5.74) is 0. The van der Waals surface area contributed by atoms with Gasteiger partial charge in [0.2, 0.25) is 0 Å². The molecule has 0 saturated carbocycles. The molecule has 116 valence electrons. The zero-order valence-electron chi connectivity index (χ0n) is 13.0. The van der Waals surface area contributed by atoms with Crippen LogP contribution >= 0.6 is 11.8 Å². The van der Waals surface area contributed by atoms with Crippen molar-refractivity contribution in [2.75, 3.05) is 51.6 Å². The Kier molecular flexibility index (Phi) is 16.5. The Balaban J connectivity index is 3.16. The summed E-state index contributed by atoms with van der Waals surface area (Å²) in [4.78, 5) is 0. The van der Waals surface area contributed by atoms with Gasteiger partial charge in [0, 0.05) is 12.4 Å². The molecule has 0 rings (SSSR count). The predicted octanol–water partition coefficient (Wildman–Crippen LogP) is 3.62. The summed E-state index contributed by atoms with van der Waals surface area (Å²) in [5.74, 6) is 1.77. The molecule has 0 heterocycles. The first-order chi connectivity index (χ1) is 9.35. The molecule has 0 aliphatic heterocycles. The fraction of sp³-hybridized carbons (Fsp3) is 1.00. The fourth-order valence-corrected chi connectivity index (χ4v) is 2.01. The number of hydrogen-bond acceptors (Lipinski definition) is 4. The Hall–Kier alpha value is 0.230. The lowest BCUT2D eigenvalue weighted by atomic mass is 10.0. The van der Waals surface area contributed by atoms with Crippen LogP contribution < -0.4 is 0 Å². The largest absolute Gasteiger partial charge is 0.379 e. The zero-order valence-corrected chi connectivity index (χ0v) is 13.8. The van der Waals surface area contributed by atoms with E-state index in [4.69, 9.17) is 14.2 Å². The first kappa shape index (κ1) is 19.2. The van der Waals surface area contributed by atoms with Gasteiger partial charge in [-0.15, -0.1) is 0 Å². The summed E-state index contributed by atoms with van der Waals surface area (Å²) < 4.78 is 16.5. The lowest BCUT2D eigenvalue weighted by Crippen LogP contribution is -2.14. The molecule has 0 aliphatic carbocycles. The van der Waals surface area contributed by atoms with Crippen LogP contribution in [0.3, 0.4) is 0 Å². The molecule has 1 unspecified atom stereocenters.